The van der Waals surface area contributed by atoms with Crippen molar-refractivity contribution in [3.63, 3.8) is 0 Å². The number of aryl methyl sites for hydroxylation is 1. The highest BCUT2D eigenvalue weighted by Crippen LogP contribution is 2.33. The number of carbonyl (C=O) groups is 1. The molecule has 8 heteroatoms. The monoisotopic (exact) mass is 438 g/mol. The third-order valence-corrected chi connectivity index (χ3v) is 7.72. The predicted molar refractivity (Wildman–Crippen MR) is 111 cm³/mol. The Bertz CT molecular complexity index is 1030. The van der Waals surface area contributed by atoms with Gasteiger partial charge in [-0.3, -0.25) is 4.79 Å². The van der Waals surface area contributed by atoms with Crippen molar-refractivity contribution in [3.05, 3.63) is 57.6 Å². The fourth-order valence-corrected chi connectivity index (χ4v) is 5.89. The van der Waals surface area contributed by atoms with Crippen molar-refractivity contribution in [1.29, 1.82) is 0 Å². The predicted octanol–water partition coefficient (Wildman–Crippen LogP) is 4.37. The Labute approximate surface area is 174 Å². The van der Waals surface area contributed by atoms with Crippen LogP contribution in [0.3, 0.4) is 0 Å². The number of rotatable bonds is 3. The first kappa shape index (κ1) is 19.7. The lowest BCUT2D eigenvalue weighted by Gasteiger charge is -2.30. The number of carbonyl (C=O) groups excluding carboxylic acids is 1. The lowest BCUT2D eigenvalue weighted by molar-refractivity contribution is 0.0985. The smallest absolute Gasteiger partial charge is 0.259 e. The van der Waals surface area contributed by atoms with Gasteiger partial charge in [-0.2, -0.15) is 4.31 Å². The molecule has 0 N–H and O–H groups in total. The molecule has 2 aromatic carbocycles. The number of hydrogen-bond acceptors (Lipinski definition) is 3. The molecule has 0 bridgehead atoms. The third kappa shape index (κ3) is 3.54. The Kier molecular flexibility index (Phi) is 5.40. The van der Waals surface area contributed by atoms with Crippen molar-refractivity contribution in [2.24, 2.45) is 0 Å². The molecule has 0 atom stereocenters. The zero-order chi connectivity index (χ0) is 19.9. The SMILES string of the molecule is O=C(c1ccc(Cl)cc1Cl)N1CCCc2cc(S(=O)(=O)N3CCCC3)ccc21. The molecule has 2 aromatic rings. The summed E-state index contributed by atoms with van der Waals surface area (Å²) in [6.07, 6.45) is 3.29. The van der Waals surface area contributed by atoms with Crippen molar-refractivity contribution in [3.8, 4) is 0 Å². The molecular weight excluding hydrogens is 419 g/mol. The van der Waals surface area contributed by atoms with E-state index in [1.54, 1.807) is 41.3 Å². The summed E-state index contributed by atoms with van der Waals surface area (Å²) in [4.78, 5) is 15.0. The van der Waals surface area contributed by atoms with E-state index in [0.717, 1.165) is 36.9 Å². The number of nitrogens with zero attached hydrogens (tertiary/aromatic N) is 2. The maximum absolute atomic E-state index is 13.1. The van der Waals surface area contributed by atoms with Gasteiger partial charge in [0.15, 0.2) is 0 Å². The molecule has 0 spiro atoms. The minimum Gasteiger partial charge on any atom is -0.308 e. The van der Waals surface area contributed by atoms with Crippen molar-refractivity contribution in [1.82, 2.24) is 4.31 Å². The van der Waals surface area contributed by atoms with Crippen LogP contribution in [0.5, 0.6) is 0 Å². The van der Waals surface area contributed by atoms with E-state index in [0.29, 0.717) is 40.1 Å². The van der Waals surface area contributed by atoms with Crippen LogP contribution >= 0.6 is 23.2 Å². The van der Waals surface area contributed by atoms with Crippen molar-refractivity contribution in [2.75, 3.05) is 24.5 Å². The number of halogens is 2. The van der Waals surface area contributed by atoms with E-state index < -0.39 is 10.0 Å². The summed E-state index contributed by atoms with van der Waals surface area (Å²) in [6.45, 7) is 1.70. The average molecular weight is 439 g/mol. The van der Waals surface area contributed by atoms with E-state index in [1.165, 1.54) is 4.31 Å². The first-order valence-electron chi connectivity index (χ1n) is 9.28. The van der Waals surface area contributed by atoms with Crippen LogP contribution in [-0.4, -0.2) is 38.3 Å². The van der Waals surface area contributed by atoms with Gasteiger partial charge in [-0.1, -0.05) is 23.2 Å². The number of sulfonamides is 1. The lowest BCUT2D eigenvalue weighted by atomic mass is 10.0. The molecule has 28 heavy (non-hydrogen) atoms. The average Bonchev–Trinajstić information content (AvgIpc) is 3.22. The zero-order valence-electron chi connectivity index (χ0n) is 15.2. The Morgan fingerprint density at radius 3 is 2.39 bits per heavy atom. The molecule has 0 unspecified atom stereocenters. The minimum atomic E-state index is -3.48. The molecule has 0 aromatic heterocycles. The van der Waals surface area contributed by atoms with Gasteiger partial charge < -0.3 is 4.90 Å². The molecule has 0 saturated carbocycles. The van der Waals surface area contributed by atoms with Gasteiger partial charge in [0.05, 0.1) is 15.5 Å². The second-order valence-electron chi connectivity index (χ2n) is 7.09. The normalized spacial score (nSPS) is 17.6. The lowest BCUT2D eigenvalue weighted by Crippen LogP contribution is -2.36. The fraction of sp³-hybridized carbons (Fsp3) is 0.350. The molecule has 2 aliphatic rings. The summed E-state index contributed by atoms with van der Waals surface area (Å²) >= 11 is 12.1. The summed E-state index contributed by atoms with van der Waals surface area (Å²) in [6, 6.07) is 9.85. The molecule has 2 heterocycles. The van der Waals surface area contributed by atoms with Crippen molar-refractivity contribution < 1.29 is 13.2 Å². The molecule has 0 aliphatic carbocycles. The molecule has 5 nitrogen and oxygen atoms in total. The Morgan fingerprint density at radius 2 is 1.68 bits per heavy atom. The molecule has 2 aliphatic heterocycles. The highest BCUT2D eigenvalue weighted by molar-refractivity contribution is 7.89. The largest absolute Gasteiger partial charge is 0.308 e. The first-order chi connectivity index (χ1) is 13.4. The zero-order valence-corrected chi connectivity index (χ0v) is 17.5. The van der Waals surface area contributed by atoms with Crippen LogP contribution in [-0.2, 0) is 16.4 Å². The second-order valence-corrected chi connectivity index (χ2v) is 9.87. The van der Waals surface area contributed by atoms with Gasteiger partial charge in [0.1, 0.15) is 0 Å². The van der Waals surface area contributed by atoms with Crippen LogP contribution in [0.4, 0.5) is 5.69 Å². The second kappa shape index (κ2) is 7.67. The summed E-state index contributed by atoms with van der Waals surface area (Å²) in [5.74, 6) is -0.210. The van der Waals surface area contributed by atoms with E-state index in [1.807, 2.05) is 0 Å². The van der Waals surface area contributed by atoms with Crippen LogP contribution in [0.15, 0.2) is 41.3 Å². The quantitative estimate of drug-likeness (QED) is 0.714. The molecule has 1 fully saturated rings. The number of amides is 1. The molecule has 4 rings (SSSR count). The Balaban J connectivity index is 1.68. The topological polar surface area (TPSA) is 57.7 Å². The van der Waals surface area contributed by atoms with Gasteiger partial charge in [-0.25, -0.2) is 8.42 Å². The Morgan fingerprint density at radius 1 is 0.929 bits per heavy atom. The summed E-state index contributed by atoms with van der Waals surface area (Å²) in [7, 11) is -3.48. The summed E-state index contributed by atoms with van der Waals surface area (Å²) in [5.41, 5.74) is 1.99. The maximum atomic E-state index is 13.1. The number of fused-ring (bicyclic) bond motifs is 1. The van der Waals surface area contributed by atoms with E-state index >= 15 is 0 Å². The van der Waals surface area contributed by atoms with Crippen LogP contribution < -0.4 is 4.90 Å². The van der Waals surface area contributed by atoms with Crippen molar-refractivity contribution in [2.45, 2.75) is 30.6 Å². The van der Waals surface area contributed by atoms with Crippen LogP contribution in [0, 0.1) is 0 Å². The van der Waals surface area contributed by atoms with Crippen LogP contribution in [0.1, 0.15) is 35.2 Å². The molecular formula is C20H20Cl2N2O3S. The molecule has 1 amide bonds. The molecule has 148 valence electrons. The van der Waals surface area contributed by atoms with Gasteiger partial charge in [0.2, 0.25) is 10.0 Å². The van der Waals surface area contributed by atoms with Gasteiger partial charge in [0.25, 0.3) is 5.91 Å². The van der Waals surface area contributed by atoms with E-state index in [-0.39, 0.29) is 5.91 Å². The van der Waals surface area contributed by atoms with Gasteiger partial charge in [-0.05, 0) is 67.6 Å². The molecule has 1 saturated heterocycles. The highest BCUT2D eigenvalue weighted by atomic mass is 35.5. The van der Waals surface area contributed by atoms with Crippen molar-refractivity contribution >= 4 is 44.8 Å². The van der Waals surface area contributed by atoms with Gasteiger partial charge >= 0.3 is 0 Å². The summed E-state index contributed by atoms with van der Waals surface area (Å²) in [5, 5.41) is 0.773. The Hall–Kier alpha value is -1.60. The van der Waals surface area contributed by atoms with Gasteiger partial charge in [-0.15, -0.1) is 0 Å². The van der Waals surface area contributed by atoms with E-state index in [4.69, 9.17) is 23.2 Å². The number of benzene rings is 2. The number of anilines is 1. The third-order valence-electron chi connectivity index (χ3n) is 5.28. The van der Waals surface area contributed by atoms with Gasteiger partial charge in [0, 0.05) is 30.3 Å². The van der Waals surface area contributed by atoms with Crippen LogP contribution in [0.25, 0.3) is 0 Å². The van der Waals surface area contributed by atoms with E-state index in [2.05, 4.69) is 0 Å². The summed E-state index contributed by atoms with van der Waals surface area (Å²) < 4.78 is 27.2. The van der Waals surface area contributed by atoms with Crippen LogP contribution in [0.2, 0.25) is 10.0 Å². The van der Waals surface area contributed by atoms with E-state index in [9.17, 15) is 13.2 Å². The highest BCUT2D eigenvalue weighted by Gasteiger charge is 2.30. The minimum absolute atomic E-state index is 0.210. The molecule has 0 radical (unpaired) electrons. The standard InChI is InChI=1S/C20H20Cl2N2O3S/c21-15-5-7-17(18(22)13-15)20(25)24-11-3-4-14-12-16(6-8-19(14)24)28(26,27)23-9-1-2-10-23/h5-8,12-13H,1-4,9-11H2. The first-order valence-corrected chi connectivity index (χ1v) is 11.5. The maximum Gasteiger partial charge on any atom is 0.259 e. The number of hydrogen-bond donors (Lipinski definition) is 0. The fourth-order valence-electron chi connectivity index (χ4n) is 3.83.